The summed E-state index contributed by atoms with van der Waals surface area (Å²) in [6.07, 6.45) is 3.09. The maximum absolute atomic E-state index is 13.4. The molecule has 2 heterocycles. The number of aliphatic hydroxyl groups excluding tert-OH is 1. The van der Waals surface area contributed by atoms with E-state index < -0.39 is 0 Å². The van der Waals surface area contributed by atoms with Gasteiger partial charge in [-0.3, -0.25) is 9.80 Å². The summed E-state index contributed by atoms with van der Waals surface area (Å²) in [5, 5.41) is 9.50. The highest BCUT2D eigenvalue weighted by Gasteiger charge is 2.33. The first-order valence-corrected chi connectivity index (χ1v) is 10.1. The first-order valence-electron chi connectivity index (χ1n) is 9.76. The van der Waals surface area contributed by atoms with E-state index in [1.165, 1.54) is 6.07 Å². The third kappa shape index (κ3) is 5.17. The zero-order chi connectivity index (χ0) is 18.5. The van der Waals surface area contributed by atoms with Crippen LogP contribution in [-0.4, -0.2) is 78.8 Å². The zero-order valence-corrected chi connectivity index (χ0v) is 16.5. The molecule has 2 saturated heterocycles. The summed E-state index contributed by atoms with van der Waals surface area (Å²) in [7, 11) is 2.19. The molecule has 0 amide bonds. The van der Waals surface area contributed by atoms with Gasteiger partial charge in [0.15, 0.2) is 0 Å². The summed E-state index contributed by atoms with van der Waals surface area (Å²) in [6, 6.07) is 5.64. The second kappa shape index (κ2) is 9.47. The molecule has 2 aliphatic heterocycles. The molecule has 4 nitrogen and oxygen atoms in total. The van der Waals surface area contributed by atoms with Crippen LogP contribution in [0.3, 0.4) is 0 Å². The molecule has 0 aromatic heterocycles. The molecule has 0 bridgehead atoms. The van der Waals surface area contributed by atoms with E-state index in [4.69, 9.17) is 11.6 Å². The lowest BCUT2D eigenvalue weighted by atomic mass is 9.86. The van der Waals surface area contributed by atoms with Crippen LogP contribution in [-0.2, 0) is 6.54 Å². The van der Waals surface area contributed by atoms with Crippen molar-refractivity contribution in [3.8, 4) is 0 Å². The van der Waals surface area contributed by atoms with Crippen molar-refractivity contribution in [2.24, 2.45) is 5.92 Å². The largest absolute Gasteiger partial charge is 0.396 e. The van der Waals surface area contributed by atoms with E-state index in [0.717, 1.165) is 70.6 Å². The van der Waals surface area contributed by atoms with Gasteiger partial charge in [0.05, 0.1) is 5.02 Å². The average molecular weight is 384 g/mol. The summed E-state index contributed by atoms with van der Waals surface area (Å²) in [5.74, 6) is 0.222. The Morgan fingerprint density at radius 3 is 2.65 bits per heavy atom. The van der Waals surface area contributed by atoms with Crippen molar-refractivity contribution in [2.75, 3.05) is 52.9 Å². The van der Waals surface area contributed by atoms with Crippen LogP contribution in [0.15, 0.2) is 18.2 Å². The Hall–Kier alpha value is -0.720. The van der Waals surface area contributed by atoms with E-state index >= 15 is 0 Å². The first-order chi connectivity index (χ1) is 12.6. The number of likely N-dealkylation sites (N-methyl/N-ethyl adjacent to an activating group) is 1. The molecule has 2 fully saturated rings. The van der Waals surface area contributed by atoms with Crippen LogP contribution in [0.5, 0.6) is 0 Å². The highest BCUT2D eigenvalue weighted by molar-refractivity contribution is 6.30. The Kier molecular flexibility index (Phi) is 7.29. The minimum atomic E-state index is -0.356. The molecule has 0 spiro atoms. The van der Waals surface area contributed by atoms with Gasteiger partial charge in [-0.1, -0.05) is 17.7 Å². The lowest BCUT2D eigenvalue weighted by Crippen LogP contribution is -2.56. The number of piperidine rings is 1. The van der Waals surface area contributed by atoms with Crippen LogP contribution in [0.2, 0.25) is 5.02 Å². The first kappa shape index (κ1) is 20.0. The fourth-order valence-electron chi connectivity index (χ4n) is 4.41. The molecule has 2 aliphatic rings. The number of hydrogen-bond donors (Lipinski definition) is 1. The SMILES string of the molecule is CN1CCN([C@H]2CCN(Cc3ccc(F)c(Cl)c3)C[C@H]2CCCO)CC1. The van der Waals surface area contributed by atoms with Crippen molar-refractivity contribution >= 4 is 11.6 Å². The van der Waals surface area contributed by atoms with E-state index in [0.29, 0.717) is 12.0 Å². The Morgan fingerprint density at radius 1 is 1.19 bits per heavy atom. The fourth-order valence-corrected chi connectivity index (χ4v) is 4.61. The molecule has 26 heavy (non-hydrogen) atoms. The molecule has 6 heteroatoms. The number of aliphatic hydroxyl groups is 1. The van der Waals surface area contributed by atoms with Gasteiger partial charge in [-0.15, -0.1) is 0 Å². The molecule has 3 rings (SSSR count). The lowest BCUT2D eigenvalue weighted by Gasteiger charge is -2.46. The van der Waals surface area contributed by atoms with Gasteiger partial charge in [-0.05, 0) is 56.5 Å². The molecule has 0 saturated carbocycles. The Bertz CT molecular complexity index is 580. The highest BCUT2D eigenvalue weighted by Crippen LogP contribution is 2.28. The summed E-state index contributed by atoms with van der Waals surface area (Å²) in [6.45, 7) is 7.73. The number of likely N-dealkylation sites (tertiary alicyclic amines) is 1. The molecular formula is C20H31ClFN3O. The predicted octanol–water partition coefficient (Wildman–Crippen LogP) is 2.69. The highest BCUT2D eigenvalue weighted by atomic mass is 35.5. The molecule has 2 atom stereocenters. The summed E-state index contributed by atoms with van der Waals surface area (Å²) in [4.78, 5) is 7.51. The molecule has 0 aliphatic carbocycles. The zero-order valence-electron chi connectivity index (χ0n) is 15.7. The van der Waals surface area contributed by atoms with E-state index in [1.54, 1.807) is 6.07 Å². The standard InChI is InChI=1S/C20H31ClFN3O/c1-23-8-10-25(11-9-23)20-6-7-24(15-17(20)3-2-12-26)14-16-4-5-19(22)18(21)13-16/h4-5,13,17,20,26H,2-3,6-12,14-15H2,1H3/t17-,20+/m1/s1. The summed E-state index contributed by atoms with van der Waals surface area (Å²) in [5.41, 5.74) is 1.07. The number of halogens is 2. The number of hydrogen-bond acceptors (Lipinski definition) is 4. The third-order valence-electron chi connectivity index (χ3n) is 5.91. The van der Waals surface area contributed by atoms with Crippen molar-refractivity contribution in [2.45, 2.75) is 31.8 Å². The van der Waals surface area contributed by atoms with Crippen LogP contribution in [0.1, 0.15) is 24.8 Å². The van der Waals surface area contributed by atoms with E-state index in [1.807, 2.05) is 6.07 Å². The van der Waals surface area contributed by atoms with Crippen molar-refractivity contribution in [1.82, 2.24) is 14.7 Å². The molecule has 0 radical (unpaired) electrons. The Morgan fingerprint density at radius 2 is 1.96 bits per heavy atom. The third-order valence-corrected chi connectivity index (χ3v) is 6.20. The Balaban J connectivity index is 1.62. The van der Waals surface area contributed by atoms with Gasteiger partial charge in [-0.2, -0.15) is 0 Å². The quantitative estimate of drug-likeness (QED) is 0.818. The van der Waals surface area contributed by atoms with Crippen molar-refractivity contribution < 1.29 is 9.50 Å². The van der Waals surface area contributed by atoms with Crippen molar-refractivity contribution in [1.29, 1.82) is 0 Å². The number of piperazine rings is 1. The topological polar surface area (TPSA) is 30.0 Å². The van der Waals surface area contributed by atoms with Crippen LogP contribution >= 0.6 is 11.6 Å². The van der Waals surface area contributed by atoms with Gasteiger partial charge in [0.25, 0.3) is 0 Å². The number of benzene rings is 1. The molecule has 1 aromatic carbocycles. The van der Waals surface area contributed by atoms with Crippen LogP contribution in [0, 0.1) is 11.7 Å². The van der Waals surface area contributed by atoms with Gasteiger partial charge in [-0.25, -0.2) is 4.39 Å². The van der Waals surface area contributed by atoms with Gasteiger partial charge < -0.3 is 10.0 Å². The molecular weight excluding hydrogens is 353 g/mol. The van der Waals surface area contributed by atoms with Gasteiger partial charge in [0.2, 0.25) is 0 Å². The van der Waals surface area contributed by atoms with E-state index in [9.17, 15) is 9.50 Å². The monoisotopic (exact) mass is 383 g/mol. The molecule has 0 unspecified atom stereocenters. The van der Waals surface area contributed by atoms with Crippen molar-refractivity contribution in [3.05, 3.63) is 34.6 Å². The second-order valence-electron chi connectivity index (χ2n) is 7.80. The van der Waals surface area contributed by atoms with Crippen LogP contribution in [0.25, 0.3) is 0 Å². The maximum Gasteiger partial charge on any atom is 0.141 e. The minimum absolute atomic E-state index is 0.201. The minimum Gasteiger partial charge on any atom is -0.396 e. The van der Waals surface area contributed by atoms with Crippen LogP contribution < -0.4 is 0 Å². The molecule has 1 aromatic rings. The van der Waals surface area contributed by atoms with Gasteiger partial charge in [0, 0.05) is 51.9 Å². The van der Waals surface area contributed by atoms with Crippen LogP contribution in [0.4, 0.5) is 4.39 Å². The Labute approximate surface area is 161 Å². The predicted molar refractivity (Wildman–Crippen MR) is 104 cm³/mol. The normalized spacial score (nSPS) is 26.3. The number of nitrogens with zero attached hydrogens (tertiary/aromatic N) is 3. The van der Waals surface area contributed by atoms with Crippen molar-refractivity contribution in [3.63, 3.8) is 0 Å². The van der Waals surface area contributed by atoms with Gasteiger partial charge >= 0.3 is 0 Å². The van der Waals surface area contributed by atoms with E-state index in [-0.39, 0.29) is 17.4 Å². The maximum atomic E-state index is 13.4. The lowest BCUT2D eigenvalue weighted by molar-refractivity contribution is 0.0212. The number of rotatable bonds is 6. The molecule has 146 valence electrons. The average Bonchev–Trinajstić information content (AvgIpc) is 2.64. The van der Waals surface area contributed by atoms with Gasteiger partial charge in [0.1, 0.15) is 5.82 Å². The summed E-state index contributed by atoms with van der Waals surface area (Å²) < 4.78 is 13.4. The van der Waals surface area contributed by atoms with E-state index in [2.05, 4.69) is 21.7 Å². The second-order valence-corrected chi connectivity index (χ2v) is 8.21. The molecule has 1 N–H and O–H groups in total. The summed E-state index contributed by atoms with van der Waals surface area (Å²) >= 11 is 5.93. The smallest absolute Gasteiger partial charge is 0.141 e. The fraction of sp³-hybridized carbons (Fsp3) is 0.700.